The Morgan fingerprint density at radius 2 is 1.76 bits per heavy atom. The average Bonchev–Trinajstić information content (AvgIpc) is 2.45. The van der Waals surface area contributed by atoms with Crippen LogP contribution in [0.3, 0.4) is 0 Å². The van der Waals surface area contributed by atoms with Gasteiger partial charge in [-0.2, -0.15) is 0 Å². The first-order valence-corrected chi connectivity index (χ1v) is 9.21. The molecule has 0 spiro atoms. The molecule has 1 amide bonds. The Hall–Kier alpha value is -0.920. The number of sulfonamides is 1. The SMILES string of the molecule is CCC(CC)NC(=O)CCNS(=O)(=O)c1ccc(Br)cc1. The molecule has 0 heterocycles. The van der Waals surface area contributed by atoms with Gasteiger partial charge in [0.2, 0.25) is 15.9 Å². The van der Waals surface area contributed by atoms with Crippen LogP contribution in [-0.4, -0.2) is 26.9 Å². The molecule has 118 valence electrons. The van der Waals surface area contributed by atoms with Gasteiger partial charge in [0.05, 0.1) is 4.90 Å². The summed E-state index contributed by atoms with van der Waals surface area (Å²) in [4.78, 5) is 11.9. The number of rotatable bonds is 8. The molecule has 0 bridgehead atoms. The summed E-state index contributed by atoms with van der Waals surface area (Å²) >= 11 is 3.25. The Kier molecular flexibility index (Phi) is 7.34. The van der Waals surface area contributed by atoms with Crippen molar-refractivity contribution >= 4 is 31.9 Å². The van der Waals surface area contributed by atoms with E-state index in [1.807, 2.05) is 13.8 Å². The van der Waals surface area contributed by atoms with Crippen LogP contribution in [0.2, 0.25) is 0 Å². The molecule has 0 radical (unpaired) electrons. The van der Waals surface area contributed by atoms with Crippen molar-refractivity contribution in [3.8, 4) is 0 Å². The third-order valence-corrected chi connectivity index (χ3v) is 5.12. The quantitative estimate of drug-likeness (QED) is 0.731. The van der Waals surface area contributed by atoms with E-state index in [1.165, 1.54) is 12.1 Å². The summed E-state index contributed by atoms with van der Waals surface area (Å²) in [5.74, 6) is -0.137. The van der Waals surface area contributed by atoms with Gasteiger partial charge in [0, 0.05) is 23.5 Å². The van der Waals surface area contributed by atoms with E-state index in [4.69, 9.17) is 0 Å². The molecule has 5 nitrogen and oxygen atoms in total. The minimum absolute atomic E-state index is 0.0877. The lowest BCUT2D eigenvalue weighted by Crippen LogP contribution is -2.36. The highest BCUT2D eigenvalue weighted by Gasteiger charge is 2.14. The predicted molar refractivity (Wildman–Crippen MR) is 86.5 cm³/mol. The third kappa shape index (κ3) is 6.15. The largest absolute Gasteiger partial charge is 0.353 e. The molecule has 2 N–H and O–H groups in total. The van der Waals surface area contributed by atoms with Crippen LogP contribution in [0.15, 0.2) is 33.6 Å². The van der Waals surface area contributed by atoms with Crippen molar-refractivity contribution in [2.45, 2.75) is 44.0 Å². The number of carbonyl (C=O) groups is 1. The summed E-state index contributed by atoms with van der Waals surface area (Å²) in [5.41, 5.74) is 0. The molecule has 0 aliphatic rings. The van der Waals surface area contributed by atoms with E-state index >= 15 is 0 Å². The normalized spacial score (nSPS) is 11.6. The smallest absolute Gasteiger partial charge is 0.240 e. The van der Waals surface area contributed by atoms with Crippen LogP contribution in [0, 0.1) is 0 Å². The molecule has 1 rings (SSSR count). The van der Waals surface area contributed by atoms with Crippen LogP contribution in [-0.2, 0) is 14.8 Å². The fourth-order valence-corrected chi connectivity index (χ4v) is 3.08. The maximum absolute atomic E-state index is 12.0. The molecule has 0 aromatic heterocycles. The van der Waals surface area contributed by atoms with Crippen LogP contribution in [0.25, 0.3) is 0 Å². The first-order chi connectivity index (χ1) is 9.89. The van der Waals surface area contributed by atoms with Crippen LogP contribution < -0.4 is 10.0 Å². The van der Waals surface area contributed by atoms with Gasteiger partial charge in [-0.25, -0.2) is 13.1 Å². The standard InChI is InChI=1S/C14H21BrN2O3S/c1-3-12(4-2)17-14(18)9-10-16-21(19,20)13-7-5-11(15)6-8-13/h5-8,12,16H,3-4,9-10H2,1-2H3,(H,17,18). The van der Waals surface area contributed by atoms with E-state index in [1.54, 1.807) is 12.1 Å². The summed E-state index contributed by atoms with van der Waals surface area (Å²) in [6.45, 7) is 4.10. The monoisotopic (exact) mass is 376 g/mol. The minimum Gasteiger partial charge on any atom is -0.353 e. The molecule has 0 unspecified atom stereocenters. The second-order valence-corrected chi connectivity index (χ2v) is 7.37. The van der Waals surface area contributed by atoms with Crippen molar-refractivity contribution in [2.24, 2.45) is 0 Å². The van der Waals surface area contributed by atoms with Crippen LogP contribution in [0.4, 0.5) is 0 Å². The molecule has 0 aliphatic heterocycles. The van der Waals surface area contributed by atoms with E-state index in [9.17, 15) is 13.2 Å². The van der Waals surface area contributed by atoms with Gasteiger partial charge < -0.3 is 5.32 Å². The van der Waals surface area contributed by atoms with Crippen molar-refractivity contribution in [1.29, 1.82) is 0 Å². The van der Waals surface area contributed by atoms with Crippen molar-refractivity contribution in [2.75, 3.05) is 6.54 Å². The highest BCUT2D eigenvalue weighted by Crippen LogP contribution is 2.14. The number of benzene rings is 1. The van der Waals surface area contributed by atoms with Crippen LogP contribution >= 0.6 is 15.9 Å². The number of amides is 1. The molecular weight excluding hydrogens is 356 g/mol. The molecule has 1 aromatic carbocycles. The van der Waals surface area contributed by atoms with E-state index < -0.39 is 10.0 Å². The van der Waals surface area contributed by atoms with E-state index in [0.717, 1.165) is 17.3 Å². The zero-order valence-electron chi connectivity index (χ0n) is 12.2. The second-order valence-electron chi connectivity index (χ2n) is 4.68. The molecule has 1 aromatic rings. The number of halogens is 1. The van der Waals surface area contributed by atoms with Crippen LogP contribution in [0.1, 0.15) is 33.1 Å². The van der Waals surface area contributed by atoms with Crippen molar-refractivity contribution in [3.05, 3.63) is 28.7 Å². The number of hydrogen-bond acceptors (Lipinski definition) is 3. The summed E-state index contributed by atoms with van der Waals surface area (Å²) < 4.78 is 27.2. The molecule has 0 fully saturated rings. The fourth-order valence-electron chi connectivity index (χ4n) is 1.79. The maximum Gasteiger partial charge on any atom is 0.240 e. The first kappa shape index (κ1) is 18.1. The highest BCUT2D eigenvalue weighted by molar-refractivity contribution is 9.10. The first-order valence-electron chi connectivity index (χ1n) is 6.93. The average molecular weight is 377 g/mol. The summed E-state index contributed by atoms with van der Waals surface area (Å²) in [5, 5.41) is 2.87. The Morgan fingerprint density at radius 1 is 1.19 bits per heavy atom. The van der Waals surface area contributed by atoms with Crippen LogP contribution in [0.5, 0.6) is 0 Å². The molecule has 0 saturated carbocycles. The van der Waals surface area contributed by atoms with E-state index in [-0.39, 0.29) is 29.8 Å². The Labute approximate surface area is 134 Å². The van der Waals surface area contributed by atoms with Gasteiger partial charge in [0.25, 0.3) is 0 Å². The van der Waals surface area contributed by atoms with Gasteiger partial charge in [0.1, 0.15) is 0 Å². The highest BCUT2D eigenvalue weighted by atomic mass is 79.9. The minimum atomic E-state index is -3.56. The molecular formula is C14H21BrN2O3S. The van der Waals surface area contributed by atoms with Gasteiger partial charge in [-0.1, -0.05) is 29.8 Å². The van der Waals surface area contributed by atoms with Crippen molar-refractivity contribution < 1.29 is 13.2 Å². The van der Waals surface area contributed by atoms with Gasteiger partial charge in [-0.3, -0.25) is 4.79 Å². The second kappa shape index (κ2) is 8.51. The van der Waals surface area contributed by atoms with Gasteiger partial charge in [-0.05, 0) is 37.1 Å². The van der Waals surface area contributed by atoms with E-state index in [2.05, 4.69) is 26.0 Å². The van der Waals surface area contributed by atoms with Gasteiger partial charge in [-0.15, -0.1) is 0 Å². The molecule has 0 saturated heterocycles. The lowest BCUT2D eigenvalue weighted by atomic mass is 10.1. The topological polar surface area (TPSA) is 75.3 Å². The van der Waals surface area contributed by atoms with Gasteiger partial charge in [0.15, 0.2) is 0 Å². The third-order valence-electron chi connectivity index (χ3n) is 3.12. The van der Waals surface area contributed by atoms with E-state index in [0.29, 0.717) is 0 Å². The zero-order valence-corrected chi connectivity index (χ0v) is 14.6. The summed E-state index contributed by atoms with van der Waals surface area (Å²) in [7, 11) is -3.56. The number of carbonyl (C=O) groups excluding carboxylic acids is 1. The predicted octanol–water partition coefficient (Wildman–Crippen LogP) is 2.42. The lowest BCUT2D eigenvalue weighted by Gasteiger charge is -2.14. The van der Waals surface area contributed by atoms with Gasteiger partial charge >= 0.3 is 0 Å². The number of nitrogens with one attached hydrogen (secondary N) is 2. The summed E-state index contributed by atoms with van der Waals surface area (Å²) in [6, 6.07) is 6.50. The maximum atomic E-state index is 12.0. The molecule has 0 atom stereocenters. The Bertz CT molecular complexity index is 554. The zero-order chi connectivity index (χ0) is 15.9. The number of hydrogen-bond donors (Lipinski definition) is 2. The van der Waals surface area contributed by atoms with Crippen molar-refractivity contribution in [3.63, 3.8) is 0 Å². The molecule has 7 heteroatoms. The van der Waals surface area contributed by atoms with Crippen molar-refractivity contribution in [1.82, 2.24) is 10.0 Å². The lowest BCUT2D eigenvalue weighted by molar-refractivity contribution is -0.121. The fraction of sp³-hybridized carbons (Fsp3) is 0.500. The summed E-state index contributed by atoms with van der Waals surface area (Å²) in [6.07, 6.45) is 1.87. The molecule has 0 aliphatic carbocycles. The Morgan fingerprint density at radius 3 is 2.29 bits per heavy atom. The molecule has 21 heavy (non-hydrogen) atoms. The Balaban J connectivity index is 2.47.